The summed E-state index contributed by atoms with van der Waals surface area (Å²) >= 11 is 0. The Kier molecular flexibility index (Phi) is 3.09. The molecule has 3 N–H and O–H groups in total. The Balaban J connectivity index is 2.28. The maximum absolute atomic E-state index is 11.2. The average Bonchev–Trinajstić information content (AvgIpc) is 2.61. The van der Waals surface area contributed by atoms with Crippen molar-refractivity contribution in [3.05, 3.63) is 0 Å². The first kappa shape index (κ1) is 9.95. The van der Waals surface area contributed by atoms with Crippen molar-refractivity contribution in [2.75, 3.05) is 5.75 Å². The summed E-state index contributed by atoms with van der Waals surface area (Å²) < 4.78 is 25.0. The molecule has 0 saturated heterocycles. The first-order valence-corrected chi connectivity index (χ1v) is 5.96. The zero-order valence-corrected chi connectivity index (χ0v) is 8.10. The van der Waals surface area contributed by atoms with E-state index in [4.69, 9.17) is 5.73 Å². The van der Waals surface area contributed by atoms with E-state index >= 15 is 0 Å². The standard InChI is InChI=1S/C7H16N2O2S/c1-2-3-4-12(10,11)9-7-5-6(7)8/h6-7,9H,2-5,8H2,1H3. The van der Waals surface area contributed by atoms with E-state index in [2.05, 4.69) is 4.72 Å². The van der Waals surface area contributed by atoms with E-state index in [-0.39, 0.29) is 17.8 Å². The Labute approximate surface area is 73.6 Å². The van der Waals surface area contributed by atoms with Crippen molar-refractivity contribution < 1.29 is 8.42 Å². The van der Waals surface area contributed by atoms with Crippen LogP contribution in [0.4, 0.5) is 0 Å². The molecule has 0 amide bonds. The molecule has 5 heteroatoms. The molecule has 72 valence electrons. The van der Waals surface area contributed by atoms with Gasteiger partial charge < -0.3 is 5.73 Å². The topological polar surface area (TPSA) is 72.2 Å². The summed E-state index contributed by atoms with van der Waals surface area (Å²) in [6.45, 7) is 1.97. The monoisotopic (exact) mass is 192 g/mol. The molecular weight excluding hydrogens is 176 g/mol. The van der Waals surface area contributed by atoms with Crippen LogP contribution in [0.2, 0.25) is 0 Å². The second-order valence-electron chi connectivity index (χ2n) is 3.30. The maximum atomic E-state index is 11.2. The van der Waals surface area contributed by atoms with Gasteiger partial charge in [0.15, 0.2) is 0 Å². The number of unbranched alkanes of at least 4 members (excludes halogenated alkanes) is 1. The zero-order valence-electron chi connectivity index (χ0n) is 7.29. The molecule has 0 aromatic heterocycles. The Hall–Kier alpha value is -0.130. The lowest BCUT2D eigenvalue weighted by Crippen LogP contribution is -2.31. The van der Waals surface area contributed by atoms with Gasteiger partial charge in [-0.3, -0.25) is 0 Å². The lowest BCUT2D eigenvalue weighted by atomic mass is 10.4. The van der Waals surface area contributed by atoms with Crippen molar-refractivity contribution in [2.45, 2.75) is 38.3 Å². The van der Waals surface area contributed by atoms with E-state index in [9.17, 15) is 8.42 Å². The van der Waals surface area contributed by atoms with Crippen molar-refractivity contribution >= 4 is 10.0 Å². The minimum Gasteiger partial charge on any atom is -0.326 e. The van der Waals surface area contributed by atoms with Gasteiger partial charge >= 0.3 is 0 Å². The summed E-state index contributed by atoms with van der Waals surface area (Å²) in [5, 5.41) is 0. The normalized spacial score (nSPS) is 28.8. The second-order valence-corrected chi connectivity index (χ2v) is 5.17. The Morgan fingerprint density at radius 1 is 1.58 bits per heavy atom. The predicted octanol–water partition coefficient (Wildman–Crippen LogP) is -0.194. The average molecular weight is 192 g/mol. The molecule has 0 spiro atoms. The highest BCUT2D eigenvalue weighted by Crippen LogP contribution is 2.18. The molecule has 1 aliphatic carbocycles. The second kappa shape index (κ2) is 3.72. The van der Waals surface area contributed by atoms with Crippen LogP contribution in [0.1, 0.15) is 26.2 Å². The molecule has 2 atom stereocenters. The number of sulfonamides is 1. The smallest absolute Gasteiger partial charge is 0.211 e. The first-order valence-electron chi connectivity index (χ1n) is 4.31. The lowest BCUT2D eigenvalue weighted by Gasteiger charge is -2.03. The van der Waals surface area contributed by atoms with Gasteiger partial charge in [-0.05, 0) is 12.8 Å². The molecular formula is C7H16N2O2S. The van der Waals surface area contributed by atoms with Crippen LogP contribution in [0.3, 0.4) is 0 Å². The summed E-state index contributed by atoms with van der Waals surface area (Å²) in [6.07, 6.45) is 2.40. The van der Waals surface area contributed by atoms with E-state index < -0.39 is 10.0 Å². The van der Waals surface area contributed by atoms with Crippen LogP contribution < -0.4 is 10.5 Å². The Morgan fingerprint density at radius 3 is 2.58 bits per heavy atom. The van der Waals surface area contributed by atoms with Crippen LogP contribution in [-0.4, -0.2) is 26.3 Å². The summed E-state index contributed by atoms with van der Waals surface area (Å²) in [6, 6.07) is 0.0493. The molecule has 2 unspecified atom stereocenters. The maximum Gasteiger partial charge on any atom is 0.211 e. The molecule has 4 nitrogen and oxygen atoms in total. The molecule has 0 heterocycles. The molecule has 0 aromatic carbocycles. The summed E-state index contributed by atoms with van der Waals surface area (Å²) in [5.41, 5.74) is 5.48. The molecule has 0 aromatic rings. The van der Waals surface area contributed by atoms with Crippen LogP contribution in [0, 0.1) is 0 Å². The predicted molar refractivity (Wildman–Crippen MR) is 48.2 cm³/mol. The van der Waals surface area contributed by atoms with Gasteiger partial charge in [0.25, 0.3) is 0 Å². The van der Waals surface area contributed by atoms with Crippen molar-refractivity contribution in [3.63, 3.8) is 0 Å². The first-order chi connectivity index (χ1) is 5.55. The van der Waals surface area contributed by atoms with E-state index in [0.717, 1.165) is 19.3 Å². The molecule has 0 aliphatic heterocycles. The van der Waals surface area contributed by atoms with E-state index in [1.165, 1.54) is 0 Å². The lowest BCUT2D eigenvalue weighted by molar-refractivity contribution is 0.576. The number of nitrogens with one attached hydrogen (secondary N) is 1. The summed E-state index contributed by atoms with van der Waals surface area (Å²) in [7, 11) is -3.04. The molecule has 0 bridgehead atoms. The SMILES string of the molecule is CCCCS(=O)(=O)NC1CC1N. The molecule has 1 aliphatic rings. The van der Waals surface area contributed by atoms with Gasteiger partial charge in [-0.2, -0.15) is 0 Å². The van der Waals surface area contributed by atoms with Gasteiger partial charge in [-0.1, -0.05) is 13.3 Å². The van der Waals surface area contributed by atoms with Gasteiger partial charge in [0.2, 0.25) is 10.0 Å². The van der Waals surface area contributed by atoms with E-state index in [0.29, 0.717) is 0 Å². The fourth-order valence-corrected chi connectivity index (χ4v) is 2.49. The van der Waals surface area contributed by atoms with Crippen molar-refractivity contribution in [1.82, 2.24) is 4.72 Å². The van der Waals surface area contributed by atoms with Crippen LogP contribution in [0.25, 0.3) is 0 Å². The number of nitrogens with two attached hydrogens (primary N) is 1. The highest BCUT2D eigenvalue weighted by atomic mass is 32.2. The highest BCUT2D eigenvalue weighted by molar-refractivity contribution is 7.89. The third kappa shape index (κ3) is 3.08. The number of rotatable bonds is 5. The highest BCUT2D eigenvalue weighted by Gasteiger charge is 2.36. The van der Waals surface area contributed by atoms with Crippen LogP contribution >= 0.6 is 0 Å². The fourth-order valence-electron chi connectivity index (χ4n) is 0.974. The minimum atomic E-state index is -3.04. The zero-order chi connectivity index (χ0) is 9.19. The van der Waals surface area contributed by atoms with Crippen molar-refractivity contribution in [3.8, 4) is 0 Å². The summed E-state index contributed by atoms with van der Waals surface area (Å²) in [5.74, 6) is 0.229. The minimum absolute atomic E-state index is 0.00635. The number of hydrogen-bond donors (Lipinski definition) is 2. The molecule has 1 saturated carbocycles. The number of hydrogen-bond acceptors (Lipinski definition) is 3. The van der Waals surface area contributed by atoms with Crippen molar-refractivity contribution in [2.24, 2.45) is 5.73 Å². The largest absolute Gasteiger partial charge is 0.326 e. The Morgan fingerprint density at radius 2 is 2.17 bits per heavy atom. The van der Waals surface area contributed by atoms with Crippen LogP contribution in [0.15, 0.2) is 0 Å². The van der Waals surface area contributed by atoms with Gasteiger partial charge in [-0.25, -0.2) is 13.1 Å². The third-order valence-electron chi connectivity index (χ3n) is 1.94. The molecule has 1 fully saturated rings. The summed E-state index contributed by atoms with van der Waals surface area (Å²) in [4.78, 5) is 0. The van der Waals surface area contributed by atoms with Gasteiger partial charge in [0.05, 0.1) is 5.75 Å². The quantitative estimate of drug-likeness (QED) is 0.634. The van der Waals surface area contributed by atoms with Crippen LogP contribution in [0.5, 0.6) is 0 Å². The molecule has 0 radical (unpaired) electrons. The molecule has 1 rings (SSSR count). The van der Waals surface area contributed by atoms with Crippen LogP contribution in [-0.2, 0) is 10.0 Å². The fraction of sp³-hybridized carbons (Fsp3) is 1.00. The van der Waals surface area contributed by atoms with Crippen molar-refractivity contribution in [1.29, 1.82) is 0 Å². The Bertz CT molecular complexity index is 238. The third-order valence-corrected chi connectivity index (χ3v) is 3.43. The van der Waals surface area contributed by atoms with Gasteiger partial charge in [-0.15, -0.1) is 0 Å². The van der Waals surface area contributed by atoms with Gasteiger partial charge in [0.1, 0.15) is 0 Å². The van der Waals surface area contributed by atoms with E-state index in [1.54, 1.807) is 0 Å². The van der Waals surface area contributed by atoms with Gasteiger partial charge in [0, 0.05) is 12.1 Å². The molecule has 12 heavy (non-hydrogen) atoms. The van der Waals surface area contributed by atoms with E-state index in [1.807, 2.05) is 6.92 Å².